The molecule has 0 spiro atoms. The van der Waals surface area contributed by atoms with E-state index in [0.29, 0.717) is 12.0 Å². The predicted octanol–water partition coefficient (Wildman–Crippen LogP) is 0.0140. The first kappa shape index (κ1) is 10.9. The topological polar surface area (TPSA) is 61.4 Å². The second kappa shape index (κ2) is 4.49. The van der Waals surface area contributed by atoms with Gasteiger partial charge in [0, 0.05) is 6.04 Å². The van der Waals surface area contributed by atoms with Crippen molar-refractivity contribution in [2.24, 2.45) is 5.92 Å². The van der Waals surface area contributed by atoms with Crippen LogP contribution in [0.25, 0.3) is 0 Å². The smallest absolute Gasteiger partial charge is 0.237 e. The van der Waals surface area contributed by atoms with Crippen LogP contribution in [0.4, 0.5) is 0 Å². The van der Waals surface area contributed by atoms with Crippen LogP contribution in [0.3, 0.4) is 0 Å². The van der Waals surface area contributed by atoms with Crippen molar-refractivity contribution in [3.8, 4) is 0 Å². The van der Waals surface area contributed by atoms with Crippen LogP contribution in [0.2, 0.25) is 0 Å². The summed E-state index contributed by atoms with van der Waals surface area (Å²) in [6.07, 6.45) is 3.92. The third-order valence-electron chi connectivity index (χ3n) is 3.24. The highest BCUT2D eigenvalue weighted by atomic mass is 16.3. The standard InChI is InChI=1S/C11H20N2O2/c1-7(11(15)13-9-2-3-9)12-6-8-4-10(14)5-8/h7-10,12,14H,2-6H2,1H3,(H,13,15). The van der Waals surface area contributed by atoms with Gasteiger partial charge < -0.3 is 15.7 Å². The minimum atomic E-state index is -0.108. The Balaban J connectivity index is 1.58. The molecule has 0 aromatic carbocycles. The highest BCUT2D eigenvalue weighted by Gasteiger charge is 2.29. The summed E-state index contributed by atoms with van der Waals surface area (Å²) in [6.45, 7) is 2.74. The predicted molar refractivity (Wildman–Crippen MR) is 57.4 cm³/mol. The lowest BCUT2D eigenvalue weighted by atomic mass is 9.82. The normalized spacial score (nSPS) is 31.9. The van der Waals surface area contributed by atoms with Crippen LogP contribution in [0, 0.1) is 5.92 Å². The fourth-order valence-electron chi connectivity index (χ4n) is 1.86. The zero-order valence-electron chi connectivity index (χ0n) is 9.20. The molecule has 0 saturated heterocycles. The Morgan fingerprint density at radius 2 is 2.13 bits per heavy atom. The molecule has 1 atom stereocenters. The lowest BCUT2D eigenvalue weighted by Gasteiger charge is -2.32. The van der Waals surface area contributed by atoms with Gasteiger partial charge in [0.05, 0.1) is 12.1 Å². The lowest BCUT2D eigenvalue weighted by Crippen LogP contribution is -2.46. The lowest BCUT2D eigenvalue weighted by molar-refractivity contribution is -0.123. The minimum absolute atomic E-state index is 0.104. The first-order valence-electron chi connectivity index (χ1n) is 5.87. The van der Waals surface area contributed by atoms with Crippen molar-refractivity contribution in [3.05, 3.63) is 0 Å². The Morgan fingerprint density at radius 3 is 2.67 bits per heavy atom. The number of nitrogens with one attached hydrogen (secondary N) is 2. The molecule has 0 aliphatic heterocycles. The molecule has 0 heterocycles. The number of carbonyl (C=O) groups is 1. The third-order valence-corrected chi connectivity index (χ3v) is 3.24. The van der Waals surface area contributed by atoms with E-state index in [4.69, 9.17) is 5.11 Å². The van der Waals surface area contributed by atoms with Crippen LogP contribution in [0.1, 0.15) is 32.6 Å². The molecule has 4 nitrogen and oxygen atoms in total. The van der Waals surface area contributed by atoms with Crippen molar-refractivity contribution in [2.75, 3.05) is 6.54 Å². The summed E-state index contributed by atoms with van der Waals surface area (Å²) >= 11 is 0. The van der Waals surface area contributed by atoms with E-state index in [1.807, 2.05) is 6.92 Å². The number of aliphatic hydroxyl groups excluding tert-OH is 1. The van der Waals surface area contributed by atoms with E-state index in [1.54, 1.807) is 0 Å². The maximum atomic E-state index is 11.6. The van der Waals surface area contributed by atoms with Gasteiger partial charge in [-0.15, -0.1) is 0 Å². The van der Waals surface area contributed by atoms with Crippen molar-refractivity contribution < 1.29 is 9.90 Å². The average Bonchev–Trinajstić information content (AvgIpc) is 2.93. The van der Waals surface area contributed by atoms with Gasteiger partial charge >= 0.3 is 0 Å². The van der Waals surface area contributed by atoms with Gasteiger partial charge in [0.25, 0.3) is 0 Å². The van der Waals surface area contributed by atoms with Gasteiger partial charge in [-0.1, -0.05) is 0 Å². The summed E-state index contributed by atoms with van der Waals surface area (Å²) in [7, 11) is 0. The molecule has 2 aliphatic rings. The molecule has 15 heavy (non-hydrogen) atoms. The second-order valence-electron chi connectivity index (χ2n) is 4.90. The minimum Gasteiger partial charge on any atom is -0.393 e. The molecule has 0 bridgehead atoms. The number of rotatable bonds is 5. The summed E-state index contributed by atoms with van der Waals surface area (Å²) in [6, 6.07) is 0.329. The summed E-state index contributed by atoms with van der Waals surface area (Å²) in [5.74, 6) is 0.661. The van der Waals surface area contributed by atoms with Gasteiger partial charge in [-0.2, -0.15) is 0 Å². The van der Waals surface area contributed by atoms with E-state index in [1.165, 1.54) is 0 Å². The Kier molecular flexibility index (Phi) is 3.26. The van der Waals surface area contributed by atoms with Crippen LogP contribution in [-0.2, 0) is 4.79 Å². The van der Waals surface area contributed by atoms with Gasteiger partial charge in [0.1, 0.15) is 0 Å². The summed E-state index contributed by atoms with van der Waals surface area (Å²) in [4.78, 5) is 11.6. The molecule has 0 aromatic rings. The highest BCUT2D eigenvalue weighted by molar-refractivity contribution is 5.81. The SMILES string of the molecule is CC(NCC1CC(O)C1)C(=O)NC1CC1. The summed E-state index contributed by atoms with van der Waals surface area (Å²) in [5, 5.41) is 15.3. The summed E-state index contributed by atoms with van der Waals surface area (Å²) in [5.41, 5.74) is 0. The molecule has 1 unspecified atom stereocenters. The van der Waals surface area contributed by atoms with Gasteiger partial charge in [0.2, 0.25) is 5.91 Å². The van der Waals surface area contributed by atoms with Crippen LogP contribution in [0.5, 0.6) is 0 Å². The van der Waals surface area contributed by atoms with Gasteiger partial charge in [-0.3, -0.25) is 4.79 Å². The maximum Gasteiger partial charge on any atom is 0.237 e. The fourth-order valence-corrected chi connectivity index (χ4v) is 1.86. The van der Waals surface area contributed by atoms with E-state index in [9.17, 15) is 4.79 Å². The van der Waals surface area contributed by atoms with Crippen LogP contribution < -0.4 is 10.6 Å². The molecule has 0 radical (unpaired) electrons. The second-order valence-corrected chi connectivity index (χ2v) is 4.90. The molecule has 2 fully saturated rings. The van der Waals surface area contributed by atoms with E-state index < -0.39 is 0 Å². The van der Waals surface area contributed by atoms with Crippen molar-refractivity contribution in [3.63, 3.8) is 0 Å². The Morgan fingerprint density at radius 1 is 1.47 bits per heavy atom. The quantitative estimate of drug-likeness (QED) is 0.602. The molecular weight excluding hydrogens is 192 g/mol. The molecule has 3 N–H and O–H groups in total. The zero-order chi connectivity index (χ0) is 10.8. The van der Waals surface area contributed by atoms with E-state index >= 15 is 0 Å². The number of hydrogen-bond donors (Lipinski definition) is 3. The fraction of sp³-hybridized carbons (Fsp3) is 0.909. The average molecular weight is 212 g/mol. The Hall–Kier alpha value is -0.610. The van der Waals surface area contributed by atoms with Crippen LogP contribution >= 0.6 is 0 Å². The molecule has 0 aromatic heterocycles. The van der Waals surface area contributed by atoms with Crippen molar-refractivity contribution >= 4 is 5.91 Å². The van der Waals surface area contributed by atoms with Gasteiger partial charge in [-0.05, 0) is 45.1 Å². The molecule has 86 valence electrons. The molecular formula is C11H20N2O2. The third kappa shape index (κ3) is 3.18. The largest absolute Gasteiger partial charge is 0.393 e. The molecule has 1 amide bonds. The van der Waals surface area contributed by atoms with Gasteiger partial charge in [-0.25, -0.2) is 0 Å². The number of amides is 1. The first-order chi connectivity index (χ1) is 7.15. The van der Waals surface area contributed by atoms with Crippen LogP contribution in [0.15, 0.2) is 0 Å². The Labute approximate surface area is 90.4 Å². The van der Waals surface area contributed by atoms with Crippen molar-refractivity contribution in [2.45, 2.75) is 50.8 Å². The van der Waals surface area contributed by atoms with E-state index in [-0.39, 0.29) is 18.1 Å². The Bertz CT molecular complexity index is 235. The molecule has 4 heteroatoms. The maximum absolute atomic E-state index is 11.6. The highest BCUT2D eigenvalue weighted by Crippen LogP contribution is 2.26. The zero-order valence-corrected chi connectivity index (χ0v) is 9.20. The van der Waals surface area contributed by atoms with Crippen molar-refractivity contribution in [1.82, 2.24) is 10.6 Å². The first-order valence-corrected chi connectivity index (χ1v) is 5.87. The molecule has 2 rings (SSSR count). The molecule has 2 saturated carbocycles. The van der Waals surface area contributed by atoms with E-state index in [0.717, 1.165) is 32.2 Å². The number of hydrogen-bond acceptors (Lipinski definition) is 3. The number of carbonyl (C=O) groups excluding carboxylic acids is 1. The molecule has 2 aliphatic carbocycles. The van der Waals surface area contributed by atoms with Crippen molar-refractivity contribution in [1.29, 1.82) is 0 Å². The summed E-state index contributed by atoms with van der Waals surface area (Å²) < 4.78 is 0. The van der Waals surface area contributed by atoms with Gasteiger partial charge in [0.15, 0.2) is 0 Å². The number of aliphatic hydroxyl groups is 1. The van der Waals surface area contributed by atoms with Crippen LogP contribution in [-0.4, -0.2) is 35.7 Å². The van der Waals surface area contributed by atoms with E-state index in [2.05, 4.69) is 10.6 Å². The monoisotopic (exact) mass is 212 g/mol.